The quantitative estimate of drug-likeness (QED) is 0.643. The molecule has 22 heavy (non-hydrogen) atoms. The highest BCUT2D eigenvalue weighted by atomic mass is 16.6. The van der Waals surface area contributed by atoms with Crippen molar-refractivity contribution in [2.24, 2.45) is 0 Å². The van der Waals surface area contributed by atoms with Gasteiger partial charge in [0.05, 0.1) is 5.69 Å². The Morgan fingerprint density at radius 2 is 2.09 bits per heavy atom. The van der Waals surface area contributed by atoms with Crippen molar-refractivity contribution in [2.75, 3.05) is 13.2 Å². The second-order valence-electron chi connectivity index (χ2n) is 5.08. The summed E-state index contributed by atoms with van der Waals surface area (Å²) in [5.74, 6) is 1.24. The topological polar surface area (TPSA) is 53.4 Å². The zero-order valence-corrected chi connectivity index (χ0v) is 12.7. The molecule has 5 nitrogen and oxygen atoms in total. The second kappa shape index (κ2) is 6.05. The molecular weight excluding hydrogens is 280 g/mol. The van der Waals surface area contributed by atoms with Gasteiger partial charge in [-0.3, -0.25) is 9.48 Å². The number of ether oxygens (including phenoxy) is 2. The Morgan fingerprint density at radius 1 is 1.32 bits per heavy atom. The van der Waals surface area contributed by atoms with Gasteiger partial charge in [0, 0.05) is 23.9 Å². The molecule has 0 bridgehead atoms. The molecule has 2 heterocycles. The Morgan fingerprint density at radius 3 is 2.82 bits per heavy atom. The standard InChI is InChI=1S/C17H18N2O3/c1-3-19-11-14(12(2)18-19)4-6-15(20)13-5-7-16-17(10-13)22-9-8-21-16/h4-7,10-11H,3,8-9H2,1-2H3. The van der Waals surface area contributed by atoms with Gasteiger partial charge in [0.1, 0.15) is 13.2 Å². The normalized spacial score (nSPS) is 13.5. The summed E-state index contributed by atoms with van der Waals surface area (Å²) in [5.41, 5.74) is 2.45. The lowest BCUT2D eigenvalue weighted by Crippen LogP contribution is -2.15. The number of aromatic nitrogens is 2. The molecule has 114 valence electrons. The third-order valence-corrected chi connectivity index (χ3v) is 3.55. The van der Waals surface area contributed by atoms with E-state index in [4.69, 9.17) is 9.47 Å². The van der Waals surface area contributed by atoms with Gasteiger partial charge in [-0.2, -0.15) is 5.10 Å². The number of rotatable bonds is 4. The Labute approximate surface area is 129 Å². The van der Waals surface area contributed by atoms with Crippen LogP contribution in [0, 0.1) is 6.92 Å². The van der Waals surface area contributed by atoms with Crippen molar-refractivity contribution < 1.29 is 14.3 Å². The molecule has 1 aromatic carbocycles. The summed E-state index contributed by atoms with van der Waals surface area (Å²) in [7, 11) is 0. The van der Waals surface area contributed by atoms with E-state index in [0.29, 0.717) is 30.3 Å². The van der Waals surface area contributed by atoms with Crippen LogP contribution < -0.4 is 9.47 Å². The first-order valence-electron chi connectivity index (χ1n) is 7.33. The molecule has 0 radical (unpaired) electrons. The van der Waals surface area contributed by atoms with Crippen molar-refractivity contribution in [3.05, 3.63) is 47.3 Å². The van der Waals surface area contributed by atoms with E-state index in [1.165, 1.54) is 0 Å². The predicted octanol–water partition coefficient (Wildman–Crippen LogP) is 2.88. The average Bonchev–Trinajstić information content (AvgIpc) is 2.92. The number of hydrogen-bond donors (Lipinski definition) is 0. The molecule has 1 aliphatic heterocycles. The molecule has 0 fully saturated rings. The van der Waals surface area contributed by atoms with Crippen LogP contribution in [-0.2, 0) is 6.54 Å². The fraction of sp³-hybridized carbons (Fsp3) is 0.294. The summed E-state index contributed by atoms with van der Waals surface area (Å²) >= 11 is 0. The number of allylic oxidation sites excluding steroid dienone is 1. The van der Waals surface area contributed by atoms with Crippen molar-refractivity contribution in [1.82, 2.24) is 9.78 Å². The first-order chi connectivity index (χ1) is 10.7. The van der Waals surface area contributed by atoms with Gasteiger partial charge in [0.25, 0.3) is 0 Å². The van der Waals surface area contributed by atoms with Crippen LogP contribution in [0.1, 0.15) is 28.5 Å². The predicted molar refractivity (Wildman–Crippen MR) is 83.4 cm³/mol. The summed E-state index contributed by atoms with van der Waals surface area (Å²) in [5, 5.41) is 4.36. The molecule has 0 spiro atoms. The summed E-state index contributed by atoms with van der Waals surface area (Å²) in [6.07, 6.45) is 5.30. The van der Waals surface area contributed by atoms with Crippen LogP contribution in [0.5, 0.6) is 11.5 Å². The molecule has 0 aliphatic carbocycles. The van der Waals surface area contributed by atoms with E-state index in [1.54, 1.807) is 30.4 Å². The number of ketones is 1. The third-order valence-electron chi connectivity index (χ3n) is 3.55. The monoisotopic (exact) mass is 298 g/mol. The molecule has 0 N–H and O–H groups in total. The highest BCUT2D eigenvalue weighted by molar-refractivity contribution is 6.07. The lowest BCUT2D eigenvalue weighted by Gasteiger charge is -2.18. The molecular formula is C17H18N2O3. The molecule has 0 atom stereocenters. The fourth-order valence-corrected chi connectivity index (χ4v) is 2.32. The van der Waals surface area contributed by atoms with Gasteiger partial charge in [-0.05, 0) is 44.2 Å². The van der Waals surface area contributed by atoms with E-state index in [1.807, 2.05) is 24.7 Å². The Bertz CT molecular complexity index is 732. The minimum atomic E-state index is -0.0689. The van der Waals surface area contributed by atoms with Crippen molar-refractivity contribution in [3.63, 3.8) is 0 Å². The third kappa shape index (κ3) is 2.88. The van der Waals surface area contributed by atoms with Gasteiger partial charge in [-0.25, -0.2) is 0 Å². The zero-order chi connectivity index (χ0) is 15.5. The van der Waals surface area contributed by atoms with Gasteiger partial charge < -0.3 is 9.47 Å². The van der Waals surface area contributed by atoms with Crippen molar-refractivity contribution in [2.45, 2.75) is 20.4 Å². The molecule has 5 heteroatoms. The maximum absolute atomic E-state index is 12.3. The van der Waals surface area contributed by atoms with E-state index in [-0.39, 0.29) is 5.78 Å². The second-order valence-corrected chi connectivity index (χ2v) is 5.08. The molecule has 0 saturated carbocycles. The molecule has 1 aromatic heterocycles. The number of hydrogen-bond acceptors (Lipinski definition) is 4. The highest BCUT2D eigenvalue weighted by Crippen LogP contribution is 2.30. The largest absolute Gasteiger partial charge is 0.486 e. The number of aryl methyl sites for hydroxylation is 2. The van der Waals surface area contributed by atoms with Crippen molar-refractivity contribution >= 4 is 11.9 Å². The molecule has 0 unspecified atom stereocenters. The van der Waals surface area contributed by atoms with E-state index in [0.717, 1.165) is 17.8 Å². The molecule has 0 amide bonds. The van der Waals surface area contributed by atoms with Gasteiger partial charge in [-0.15, -0.1) is 0 Å². The fourth-order valence-electron chi connectivity index (χ4n) is 2.32. The van der Waals surface area contributed by atoms with Gasteiger partial charge in [-0.1, -0.05) is 0 Å². The van der Waals surface area contributed by atoms with E-state index in [2.05, 4.69) is 5.10 Å². The van der Waals surface area contributed by atoms with Crippen LogP contribution in [0.15, 0.2) is 30.5 Å². The van der Waals surface area contributed by atoms with E-state index >= 15 is 0 Å². The highest BCUT2D eigenvalue weighted by Gasteiger charge is 2.13. The Kier molecular flexibility index (Phi) is 3.96. The van der Waals surface area contributed by atoms with E-state index < -0.39 is 0 Å². The van der Waals surface area contributed by atoms with Crippen LogP contribution in [0.2, 0.25) is 0 Å². The SMILES string of the molecule is CCn1cc(C=CC(=O)c2ccc3c(c2)OCCO3)c(C)n1. The van der Waals surface area contributed by atoms with Crippen molar-refractivity contribution in [1.29, 1.82) is 0 Å². The number of carbonyl (C=O) groups excluding carboxylic acids is 1. The minimum absolute atomic E-state index is 0.0689. The summed E-state index contributed by atoms with van der Waals surface area (Å²) < 4.78 is 12.8. The Balaban J connectivity index is 1.79. The van der Waals surface area contributed by atoms with E-state index in [9.17, 15) is 4.79 Å². The van der Waals surface area contributed by atoms with Crippen LogP contribution in [-0.4, -0.2) is 28.8 Å². The summed E-state index contributed by atoms with van der Waals surface area (Å²) in [4.78, 5) is 12.3. The maximum Gasteiger partial charge on any atom is 0.185 e. The number of carbonyl (C=O) groups is 1. The Hall–Kier alpha value is -2.56. The molecule has 3 rings (SSSR count). The first-order valence-corrected chi connectivity index (χ1v) is 7.33. The average molecular weight is 298 g/mol. The zero-order valence-electron chi connectivity index (χ0n) is 12.7. The minimum Gasteiger partial charge on any atom is -0.486 e. The van der Waals surface area contributed by atoms with Crippen molar-refractivity contribution in [3.8, 4) is 11.5 Å². The lowest BCUT2D eigenvalue weighted by molar-refractivity contribution is 0.104. The molecule has 0 saturated heterocycles. The maximum atomic E-state index is 12.3. The van der Waals surface area contributed by atoms with Crippen LogP contribution in [0.4, 0.5) is 0 Å². The molecule has 2 aromatic rings. The van der Waals surface area contributed by atoms with Crippen LogP contribution in [0.25, 0.3) is 6.08 Å². The number of nitrogens with zero attached hydrogens (tertiary/aromatic N) is 2. The number of benzene rings is 1. The number of fused-ring (bicyclic) bond motifs is 1. The molecule has 1 aliphatic rings. The smallest absolute Gasteiger partial charge is 0.185 e. The first kappa shape index (κ1) is 14.4. The van der Waals surface area contributed by atoms with Gasteiger partial charge in [0.2, 0.25) is 0 Å². The summed E-state index contributed by atoms with van der Waals surface area (Å²) in [6, 6.07) is 5.25. The van der Waals surface area contributed by atoms with Crippen LogP contribution in [0.3, 0.4) is 0 Å². The van der Waals surface area contributed by atoms with Gasteiger partial charge >= 0.3 is 0 Å². The van der Waals surface area contributed by atoms with Crippen LogP contribution >= 0.6 is 0 Å². The van der Waals surface area contributed by atoms with Gasteiger partial charge in [0.15, 0.2) is 17.3 Å². The summed E-state index contributed by atoms with van der Waals surface area (Å²) in [6.45, 7) is 5.82. The lowest BCUT2D eigenvalue weighted by atomic mass is 10.1.